The van der Waals surface area contributed by atoms with E-state index in [1.165, 1.54) is 22.2 Å². The monoisotopic (exact) mass is 285 g/mol. The maximum atomic E-state index is 2.53. The molecule has 0 radical (unpaired) electrons. The van der Waals surface area contributed by atoms with Crippen LogP contribution in [0.4, 0.5) is 0 Å². The van der Waals surface area contributed by atoms with Gasteiger partial charge in [0.05, 0.1) is 12.6 Å². The normalized spacial score (nSPS) is 20.7. The molecule has 0 bridgehead atoms. The molecule has 114 valence electrons. The van der Waals surface area contributed by atoms with Crippen LogP contribution in [0.2, 0.25) is 0 Å². The molecule has 0 saturated heterocycles. The van der Waals surface area contributed by atoms with Crippen molar-refractivity contribution in [1.29, 1.82) is 0 Å². The molecule has 3 heteroatoms. The van der Waals surface area contributed by atoms with Crippen LogP contribution in [0.5, 0.6) is 0 Å². The molecule has 2 aromatic rings. The van der Waals surface area contributed by atoms with E-state index < -0.39 is 0 Å². The van der Waals surface area contributed by atoms with Crippen molar-refractivity contribution in [3.63, 3.8) is 0 Å². The lowest BCUT2D eigenvalue weighted by Gasteiger charge is -2.42. The van der Waals surface area contributed by atoms with Gasteiger partial charge in [0, 0.05) is 42.3 Å². The van der Waals surface area contributed by atoms with Gasteiger partial charge in [-0.25, -0.2) is 10.0 Å². The van der Waals surface area contributed by atoms with E-state index in [1.807, 2.05) is 0 Å². The minimum Gasteiger partial charge on any atom is -0.340 e. The van der Waals surface area contributed by atoms with Crippen molar-refractivity contribution in [2.24, 2.45) is 5.92 Å². The highest BCUT2D eigenvalue weighted by molar-refractivity contribution is 5.86. The number of hydrazine groups is 1. The summed E-state index contributed by atoms with van der Waals surface area (Å²) in [5.74, 6) is 0.586. The van der Waals surface area contributed by atoms with E-state index in [-0.39, 0.29) is 0 Å². The van der Waals surface area contributed by atoms with E-state index in [0.29, 0.717) is 18.0 Å². The second kappa shape index (κ2) is 5.15. The Morgan fingerprint density at radius 1 is 1.05 bits per heavy atom. The average molecular weight is 285 g/mol. The maximum absolute atomic E-state index is 2.53. The van der Waals surface area contributed by atoms with Crippen molar-refractivity contribution in [2.45, 2.75) is 46.3 Å². The summed E-state index contributed by atoms with van der Waals surface area (Å²) < 4.78 is 2.53. The number of hydrogen-bond donors (Lipinski definition) is 0. The number of aromatic nitrogens is 1. The Labute approximate surface area is 128 Å². The Kier molecular flexibility index (Phi) is 3.58. The SMILES string of the molecule is CC(C)C1c2c(n(C(C)C)c3ccccc23)CN(C)N1C. The molecule has 0 N–H and O–H groups in total. The largest absolute Gasteiger partial charge is 0.340 e. The first-order valence-corrected chi connectivity index (χ1v) is 7.99. The summed E-state index contributed by atoms with van der Waals surface area (Å²) >= 11 is 0. The van der Waals surface area contributed by atoms with E-state index >= 15 is 0 Å². The quantitative estimate of drug-likeness (QED) is 0.819. The Bertz CT molecular complexity index is 654. The summed E-state index contributed by atoms with van der Waals surface area (Å²) in [5, 5.41) is 6.19. The topological polar surface area (TPSA) is 11.4 Å². The van der Waals surface area contributed by atoms with Crippen molar-refractivity contribution in [1.82, 2.24) is 14.6 Å². The number of rotatable bonds is 2. The summed E-state index contributed by atoms with van der Waals surface area (Å²) in [6.45, 7) is 10.2. The van der Waals surface area contributed by atoms with Gasteiger partial charge in [-0.3, -0.25) is 0 Å². The number of para-hydroxylation sites is 1. The molecule has 3 rings (SSSR count). The highest BCUT2D eigenvalue weighted by Crippen LogP contribution is 2.42. The molecule has 0 saturated carbocycles. The summed E-state index contributed by atoms with van der Waals surface area (Å²) in [4.78, 5) is 0. The van der Waals surface area contributed by atoms with E-state index in [1.54, 1.807) is 0 Å². The van der Waals surface area contributed by atoms with Crippen molar-refractivity contribution < 1.29 is 0 Å². The molecule has 1 aliphatic rings. The highest BCUT2D eigenvalue weighted by atomic mass is 15.6. The minimum atomic E-state index is 0.448. The van der Waals surface area contributed by atoms with Crippen LogP contribution in [0.25, 0.3) is 10.9 Å². The van der Waals surface area contributed by atoms with Gasteiger partial charge in [0.15, 0.2) is 0 Å². The summed E-state index contributed by atoms with van der Waals surface area (Å²) in [7, 11) is 4.41. The third-order valence-corrected chi connectivity index (χ3v) is 4.82. The minimum absolute atomic E-state index is 0.448. The standard InChI is InChI=1S/C18H27N3/c1-12(2)18-17-14-9-7-8-10-15(14)21(13(3)4)16(17)11-19(5)20(18)6/h7-10,12-13,18H,11H2,1-6H3. The zero-order valence-electron chi connectivity index (χ0n) is 14.1. The molecule has 2 heterocycles. The Hall–Kier alpha value is -1.32. The molecule has 0 spiro atoms. The van der Waals surface area contributed by atoms with Crippen LogP contribution in [0, 0.1) is 5.92 Å². The fourth-order valence-corrected chi connectivity index (χ4v) is 3.92. The van der Waals surface area contributed by atoms with Crippen LogP contribution in [0.1, 0.15) is 51.0 Å². The van der Waals surface area contributed by atoms with E-state index in [2.05, 4.69) is 80.6 Å². The van der Waals surface area contributed by atoms with Crippen LogP contribution in [-0.2, 0) is 6.54 Å². The Morgan fingerprint density at radius 3 is 2.33 bits per heavy atom. The van der Waals surface area contributed by atoms with Crippen molar-refractivity contribution >= 4 is 10.9 Å². The zero-order chi connectivity index (χ0) is 15.3. The first-order valence-electron chi connectivity index (χ1n) is 7.99. The lowest BCUT2D eigenvalue weighted by Crippen LogP contribution is -2.45. The molecule has 0 aliphatic carbocycles. The number of nitrogens with zero attached hydrogens (tertiary/aromatic N) is 3. The molecule has 3 nitrogen and oxygen atoms in total. The van der Waals surface area contributed by atoms with Gasteiger partial charge in [-0.2, -0.15) is 0 Å². The van der Waals surface area contributed by atoms with Crippen LogP contribution < -0.4 is 0 Å². The third kappa shape index (κ3) is 2.11. The van der Waals surface area contributed by atoms with Gasteiger partial charge in [-0.15, -0.1) is 0 Å². The van der Waals surface area contributed by atoms with Crippen molar-refractivity contribution in [3.05, 3.63) is 35.5 Å². The first kappa shape index (κ1) is 14.6. The number of benzene rings is 1. The molecule has 1 aromatic carbocycles. The molecule has 1 unspecified atom stereocenters. The zero-order valence-corrected chi connectivity index (χ0v) is 14.1. The molecule has 1 atom stereocenters. The lowest BCUT2D eigenvalue weighted by molar-refractivity contribution is -0.0540. The van der Waals surface area contributed by atoms with Crippen LogP contribution >= 0.6 is 0 Å². The summed E-state index contributed by atoms with van der Waals surface area (Å²) in [5.41, 5.74) is 4.41. The van der Waals surface area contributed by atoms with E-state index in [4.69, 9.17) is 0 Å². The van der Waals surface area contributed by atoms with Crippen molar-refractivity contribution in [3.8, 4) is 0 Å². The summed E-state index contributed by atoms with van der Waals surface area (Å²) in [6, 6.07) is 9.83. The second-order valence-corrected chi connectivity index (χ2v) is 6.92. The van der Waals surface area contributed by atoms with Crippen LogP contribution in [-0.4, -0.2) is 28.7 Å². The third-order valence-electron chi connectivity index (χ3n) is 4.82. The molecule has 1 aliphatic heterocycles. The van der Waals surface area contributed by atoms with Gasteiger partial charge in [0.2, 0.25) is 0 Å². The first-order chi connectivity index (χ1) is 9.93. The van der Waals surface area contributed by atoms with Crippen LogP contribution in [0.3, 0.4) is 0 Å². The fraction of sp³-hybridized carbons (Fsp3) is 0.556. The Morgan fingerprint density at radius 2 is 1.71 bits per heavy atom. The molecule has 0 fully saturated rings. The predicted molar refractivity (Wildman–Crippen MR) is 89.1 cm³/mol. The van der Waals surface area contributed by atoms with Gasteiger partial charge in [0.1, 0.15) is 0 Å². The fourth-order valence-electron chi connectivity index (χ4n) is 3.92. The molecule has 1 aromatic heterocycles. The predicted octanol–water partition coefficient (Wildman–Crippen LogP) is 4.21. The number of hydrogen-bond acceptors (Lipinski definition) is 2. The van der Waals surface area contributed by atoms with Gasteiger partial charge in [-0.05, 0) is 25.8 Å². The smallest absolute Gasteiger partial charge is 0.0539 e. The summed E-state index contributed by atoms with van der Waals surface area (Å²) in [6.07, 6.45) is 0. The maximum Gasteiger partial charge on any atom is 0.0539 e. The van der Waals surface area contributed by atoms with Gasteiger partial charge < -0.3 is 4.57 Å². The average Bonchev–Trinajstić information content (AvgIpc) is 2.73. The molecular weight excluding hydrogens is 258 g/mol. The molecule has 21 heavy (non-hydrogen) atoms. The lowest BCUT2D eigenvalue weighted by atomic mass is 9.91. The van der Waals surface area contributed by atoms with Gasteiger partial charge >= 0.3 is 0 Å². The second-order valence-electron chi connectivity index (χ2n) is 6.92. The van der Waals surface area contributed by atoms with Crippen LogP contribution in [0.15, 0.2) is 24.3 Å². The van der Waals surface area contributed by atoms with E-state index in [9.17, 15) is 0 Å². The molecule has 0 amide bonds. The number of fused-ring (bicyclic) bond motifs is 3. The van der Waals surface area contributed by atoms with E-state index in [0.717, 1.165) is 6.54 Å². The van der Waals surface area contributed by atoms with Gasteiger partial charge in [-0.1, -0.05) is 32.0 Å². The Balaban J connectivity index is 2.35. The van der Waals surface area contributed by atoms with Crippen molar-refractivity contribution in [2.75, 3.05) is 14.1 Å². The highest BCUT2D eigenvalue weighted by Gasteiger charge is 2.35. The molecular formula is C18H27N3. The van der Waals surface area contributed by atoms with Gasteiger partial charge in [0.25, 0.3) is 0 Å².